The van der Waals surface area contributed by atoms with Crippen LogP contribution in [0.5, 0.6) is 0 Å². The smallest absolute Gasteiger partial charge is 0.319 e. The molecular formula is C14H26N2O4. The van der Waals surface area contributed by atoms with E-state index in [1.807, 2.05) is 0 Å². The standard InChI is InChI=1S/C14H26N2O4/c1-14(2,20)10-15(3)13(19)16-8-6-11(7-9-16)4-5-12(17)18/h11,20H,4-10H2,1-3H3,(H,17,18). The molecular weight excluding hydrogens is 260 g/mol. The molecule has 1 rings (SSSR count). The van der Waals surface area contributed by atoms with Crippen molar-refractivity contribution in [2.75, 3.05) is 26.7 Å². The molecule has 0 saturated carbocycles. The van der Waals surface area contributed by atoms with Crippen molar-refractivity contribution in [2.45, 2.75) is 45.1 Å². The Morgan fingerprint density at radius 3 is 2.30 bits per heavy atom. The van der Waals surface area contributed by atoms with Crippen LogP contribution in [-0.4, -0.2) is 64.3 Å². The Balaban J connectivity index is 2.37. The zero-order chi connectivity index (χ0) is 15.3. The third-order valence-electron chi connectivity index (χ3n) is 3.60. The molecule has 6 nitrogen and oxygen atoms in total. The molecule has 0 spiro atoms. The number of urea groups is 1. The Hall–Kier alpha value is -1.30. The SMILES string of the molecule is CN(CC(C)(C)O)C(=O)N1CCC(CCC(=O)O)CC1. The topological polar surface area (TPSA) is 81.1 Å². The van der Waals surface area contributed by atoms with Crippen molar-refractivity contribution in [1.82, 2.24) is 9.80 Å². The van der Waals surface area contributed by atoms with Gasteiger partial charge in [0.25, 0.3) is 0 Å². The van der Waals surface area contributed by atoms with Gasteiger partial charge in [0.1, 0.15) is 0 Å². The summed E-state index contributed by atoms with van der Waals surface area (Å²) < 4.78 is 0. The van der Waals surface area contributed by atoms with Crippen LogP contribution in [0.1, 0.15) is 39.5 Å². The summed E-state index contributed by atoms with van der Waals surface area (Å²) in [6, 6.07) is -0.0659. The highest BCUT2D eigenvalue weighted by molar-refractivity contribution is 5.74. The lowest BCUT2D eigenvalue weighted by Crippen LogP contribution is -2.49. The molecule has 0 unspecified atom stereocenters. The van der Waals surface area contributed by atoms with Gasteiger partial charge in [-0.1, -0.05) is 0 Å². The Morgan fingerprint density at radius 2 is 1.85 bits per heavy atom. The molecule has 1 heterocycles. The Kier molecular flexibility index (Phi) is 5.80. The first kappa shape index (κ1) is 16.8. The van der Waals surface area contributed by atoms with Gasteiger partial charge in [-0.15, -0.1) is 0 Å². The van der Waals surface area contributed by atoms with Crippen LogP contribution in [-0.2, 0) is 4.79 Å². The zero-order valence-corrected chi connectivity index (χ0v) is 12.6. The highest BCUT2D eigenvalue weighted by atomic mass is 16.4. The van der Waals surface area contributed by atoms with Crippen LogP contribution >= 0.6 is 0 Å². The third kappa shape index (κ3) is 5.77. The molecule has 0 aromatic carbocycles. The van der Waals surface area contributed by atoms with Gasteiger partial charge in [0, 0.05) is 26.6 Å². The number of nitrogens with zero attached hydrogens (tertiary/aromatic N) is 2. The van der Waals surface area contributed by atoms with Crippen molar-refractivity contribution >= 4 is 12.0 Å². The van der Waals surface area contributed by atoms with Crippen molar-refractivity contribution < 1.29 is 19.8 Å². The van der Waals surface area contributed by atoms with Crippen molar-refractivity contribution in [2.24, 2.45) is 5.92 Å². The molecule has 1 aliphatic rings. The number of carbonyl (C=O) groups is 2. The fourth-order valence-electron chi connectivity index (χ4n) is 2.63. The van der Waals surface area contributed by atoms with Crippen molar-refractivity contribution in [1.29, 1.82) is 0 Å². The lowest BCUT2D eigenvalue weighted by atomic mass is 9.92. The molecule has 1 fully saturated rings. The van der Waals surface area contributed by atoms with Gasteiger partial charge in [-0.2, -0.15) is 0 Å². The molecule has 1 saturated heterocycles. The monoisotopic (exact) mass is 286 g/mol. The van der Waals surface area contributed by atoms with E-state index in [-0.39, 0.29) is 12.5 Å². The average molecular weight is 286 g/mol. The number of aliphatic carboxylic acids is 1. The number of hydrogen-bond donors (Lipinski definition) is 2. The predicted octanol–water partition coefficient (Wildman–Crippen LogP) is 1.39. The molecule has 0 bridgehead atoms. The van der Waals surface area contributed by atoms with Gasteiger partial charge in [0.2, 0.25) is 0 Å². The molecule has 1 aliphatic heterocycles. The quantitative estimate of drug-likeness (QED) is 0.800. The summed E-state index contributed by atoms with van der Waals surface area (Å²) in [6.45, 7) is 4.98. The lowest BCUT2D eigenvalue weighted by Gasteiger charge is -2.36. The van der Waals surface area contributed by atoms with Crippen LogP contribution in [0.15, 0.2) is 0 Å². The van der Waals surface area contributed by atoms with Crippen molar-refractivity contribution in [3.8, 4) is 0 Å². The summed E-state index contributed by atoms with van der Waals surface area (Å²) >= 11 is 0. The fourth-order valence-corrected chi connectivity index (χ4v) is 2.63. The maximum absolute atomic E-state index is 12.2. The number of carboxylic acid groups (broad SMARTS) is 1. The Bertz CT molecular complexity index is 344. The fraction of sp³-hybridized carbons (Fsp3) is 0.857. The Morgan fingerprint density at radius 1 is 1.30 bits per heavy atom. The normalized spacial score (nSPS) is 17.1. The van der Waals surface area contributed by atoms with Gasteiger partial charge in [-0.05, 0) is 39.0 Å². The van der Waals surface area contributed by atoms with Gasteiger partial charge in [0.05, 0.1) is 12.1 Å². The van der Waals surface area contributed by atoms with E-state index >= 15 is 0 Å². The van der Waals surface area contributed by atoms with E-state index in [4.69, 9.17) is 5.11 Å². The van der Waals surface area contributed by atoms with Crippen LogP contribution < -0.4 is 0 Å². The Labute approximate surface area is 120 Å². The van der Waals surface area contributed by atoms with E-state index in [1.165, 1.54) is 4.90 Å². The first-order valence-corrected chi connectivity index (χ1v) is 7.13. The maximum atomic E-state index is 12.2. The number of carboxylic acids is 1. The highest BCUT2D eigenvalue weighted by Gasteiger charge is 2.27. The van der Waals surface area contributed by atoms with Gasteiger partial charge in [-0.3, -0.25) is 4.79 Å². The minimum atomic E-state index is -0.899. The maximum Gasteiger partial charge on any atom is 0.319 e. The number of aliphatic hydroxyl groups is 1. The lowest BCUT2D eigenvalue weighted by molar-refractivity contribution is -0.137. The first-order valence-electron chi connectivity index (χ1n) is 7.13. The highest BCUT2D eigenvalue weighted by Crippen LogP contribution is 2.22. The molecule has 0 aromatic rings. The second kappa shape index (κ2) is 6.92. The molecule has 0 aliphatic carbocycles. The number of hydrogen-bond acceptors (Lipinski definition) is 3. The number of piperidine rings is 1. The van der Waals surface area contributed by atoms with E-state index < -0.39 is 11.6 Å². The summed E-state index contributed by atoms with van der Waals surface area (Å²) in [4.78, 5) is 26.1. The molecule has 0 atom stereocenters. The molecule has 0 aromatic heterocycles. The summed E-state index contributed by atoms with van der Waals surface area (Å²) in [5.41, 5.74) is -0.899. The largest absolute Gasteiger partial charge is 0.481 e. The van der Waals surface area contributed by atoms with E-state index in [0.29, 0.717) is 32.0 Å². The van der Waals surface area contributed by atoms with Gasteiger partial charge in [0.15, 0.2) is 0 Å². The second-order valence-corrected chi connectivity index (χ2v) is 6.31. The molecule has 116 valence electrons. The minimum Gasteiger partial charge on any atom is -0.481 e. The van der Waals surface area contributed by atoms with Crippen molar-refractivity contribution in [3.05, 3.63) is 0 Å². The predicted molar refractivity (Wildman–Crippen MR) is 75.5 cm³/mol. The van der Waals surface area contributed by atoms with Crippen molar-refractivity contribution in [3.63, 3.8) is 0 Å². The molecule has 6 heteroatoms. The third-order valence-corrected chi connectivity index (χ3v) is 3.60. The number of carbonyl (C=O) groups excluding carboxylic acids is 1. The summed E-state index contributed by atoms with van der Waals surface area (Å²) in [5.74, 6) is -0.358. The van der Waals surface area contributed by atoms with Crippen LogP contribution in [0.4, 0.5) is 4.79 Å². The number of amides is 2. The summed E-state index contributed by atoms with van der Waals surface area (Å²) in [7, 11) is 1.69. The average Bonchev–Trinajstić information content (AvgIpc) is 2.34. The second-order valence-electron chi connectivity index (χ2n) is 6.31. The number of rotatable bonds is 5. The van der Waals surface area contributed by atoms with E-state index in [1.54, 1.807) is 25.8 Å². The van der Waals surface area contributed by atoms with E-state index in [0.717, 1.165) is 12.8 Å². The zero-order valence-electron chi connectivity index (χ0n) is 12.6. The molecule has 2 N–H and O–H groups in total. The summed E-state index contributed by atoms with van der Waals surface area (Å²) in [6.07, 6.45) is 2.61. The van der Waals surface area contributed by atoms with Gasteiger partial charge in [-0.25, -0.2) is 4.79 Å². The molecule has 20 heavy (non-hydrogen) atoms. The number of likely N-dealkylation sites (N-methyl/N-ethyl adjacent to an activating group) is 1. The molecule has 0 radical (unpaired) electrons. The van der Waals surface area contributed by atoms with Crippen LogP contribution in [0.2, 0.25) is 0 Å². The van der Waals surface area contributed by atoms with Gasteiger partial charge < -0.3 is 20.0 Å². The van der Waals surface area contributed by atoms with Crippen LogP contribution in [0.3, 0.4) is 0 Å². The van der Waals surface area contributed by atoms with E-state index in [9.17, 15) is 14.7 Å². The minimum absolute atomic E-state index is 0.0659. The summed E-state index contributed by atoms with van der Waals surface area (Å²) in [5, 5.41) is 18.4. The van der Waals surface area contributed by atoms with Crippen LogP contribution in [0.25, 0.3) is 0 Å². The van der Waals surface area contributed by atoms with E-state index in [2.05, 4.69) is 0 Å². The number of likely N-dealkylation sites (tertiary alicyclic amines) is 1. The van der Waals surface area contributed by atoms with Crippen LogP contribution in [0, 0.1) is 5.92 Å². The molecule has 2 amide bonds. The van der Waals surface area contributed by atoms with Gasteiger partial charge >= 0.3 is 12.0 Å². The first-order chi connectivity index (χ1) is 9.19.